The van der Waals surface area contributed by atoms with Gasteiger partial charge in [0.15, 0.2) is 9.84 Å². The number of rotatable bonds is 9. The summed E-state index contributed by atoms with van der Waals surface area (Å²) in [5.41, 5.74) is 0.890. The van der Waals surface area contributed by atoms with E-state index in [-0.39, 0.29) is 24.6 Å². The van der Waals surface area contributed by atoms with E-state index < -0.39 is 27.5 Å². The van der Waals surface area contributed by atoms with E-state index in [9.17, 15) is 18.0 Å². The second kappa shape index (κ2) is 10.4. The van der Waals surface area contributed by atoms with Crippen molar-refractivity contribution in [3.05, 3.63) is 78.4 Å². The van der Waals surface area contributed by atoms with Crippen LogP contribution >= 0.6 is 0 Å². The molecule has 2 aromatic carbocycles. The molecule has 0 atom stereocenters. The van der Waals surface area contributed by atoms with Gasteiger partial charge in [-0.05, 0) is 23.8 Å². The Bertz CT molecular complexity index is 908. The summed E-state index contributed by atoms with van der Waals surface area (Å²) in [6, 6.07) is 17.2. The Kier molecular flexibility index (Phi) is 7.95. The highest BCUT2D eigenvalue weighted by Gasteiger charge is 2.23. The highest BCUT2D eigenvalue weighted by Crippen LogP contribution is 2.12. The number of carbonyl (C=O) groups is 2. The van der Waals surface area contributed by atoms with E-state index in [0.717, 1.165) is 5.56 Å². The number of nitrogens with zero attached hydrogens (tertiary/aromatic N) is 1. The van der Waals surface area contributed by atoms with Crippen molar-refractivity contribution in [1.82, 2.24) is 4.90 Å². The number of amides is 1. The van der Waals surface area contributed by atoms with Crippen molar-refractivity contribution >= 4 is 21.7 Å². The van der Waals surface area contributed by atoms with Crippen molar-refractivity contribution < 1.29 is 22.7 Å². The fourth-order valence-electron chi connectivity index (χ4n) is 2.46. The monoisotopic (exact) mass is 401 g/mol. The smallest absolute Gasteiger partial charge is 0.302 e. The van der Waals surface area contributed by atoms with Gasteiger partial charge < -0.3 is 9.64 Å². The van der Waals surface area contributed by atoms with E-state index in [4.69, 9.17) is 4.74 Å². The van der Waals surface area contributed by atoms with Crippen LogP contribution in [0.3, 0.4) is 0 Å². The zero-order valence-electron chi connectivity index (χ0n) is 15.7. The normalized spacial score (nSPS) is 11.3. The minimum Gasteiger partial charge on any atom is -0.462 e. The van der Waals surface area contributed by atoms with Gasteiger partial charge in [-0.25, -0.2) is 8.42 Å². The third kappa shape index (κ3) is 7.00. The maximum absolute atomic E-state index is 12.7. The Hall–Kier alpha value is -2.93. The van der Waals surface area contributed by atoms with Gasteiger partial charge in [-0.2, -0.15) is 0 Å². The molecule has 0 radical (unpaired) electrons. The fourth-order valence-corrected chi connectivity index (χ4v) is 3.70. The van der Waals surface area contributed by atoms with Crippen LogP contribution in [0.25, 0.3) is 0 Å². The number of benzene rings is 2. The standard InChI is InChI=1S/C21H23NO5S/c1-18(23)27-15-9-8-14-22(16-19-10-4-2-5-11-19)21(24)17-28(25,26)20-12-6-3-7-13-20/h2-13H,14-17H2,1H3/b9-8+. The molecule has 148 valence electrons. The number of hydrogen-bond acceptors (Lipinski definition) is 5. The van der Waals surface area contributed by atoms with E-state index in [2.05, 4.69) is 0 Å². The second-order valence-corrected chi connectivity index (χ2v) is 8.10. The average Bonchev–Trinajstić information content (AvgIpc) is 2.67. The van der Waals surface area contributed by atoms with Crippen LogP contribution in [0.4, 0.5) is 0 Å². The molecule has 6 nitrogen and oxygen atoms in total. The van der Waals surface area contributed by atoms with Gasteiger partial charge in [-0.3, -0.25) is 9.59 Å². The highest BCUT2D eigenvalue weighted by molar-refractivity contribution is 7.92. The van der Waals surface area contributed by atoms with Crippen molar-refractivity contribution in [3.63, 3.8) is 0 Å². The second-order valence-electron chi connectivity index (χ2n) is 6.11. The van der Waals surface area contributed by atoms with Crippen molar-refractivity contribution in [2.45, 2.75) is 18.4 Å². The van der Waals surface area contributed by atoms with Gasteiger partial charge in [0.1, 0.15) is 12.4 Å². The summed E-state index contributed by atoms with van der Waals surface area (Å²) in [7, 11) is -3.73. The van der Waals surface area contributed by atoms with Crippen molar-refractivity contribution in [1.29, 1.82) is 0 Å². The molecule has 0 aliphatic rings. The summed E-state index contributed by atoms with van der Waals surface area (Å²) in [6.45, 7) is 1.90. The molecule has 28 heavy (non-hydrogen) atoms. The number of ether oxygens (including phenoxy) is 1. The van der Waals surface area contributed by atoms with E-state index in [1.165, 1.54) is 24.0 Å². The molecule has 0 heterocycles. The van der Waals surface area contributed by atoms with Gasteiger partial charge in [0.25, 0.3) is 0 Å². The molecule has 0 saturated heterocycles. The molecule has 0 aliphatic heterocycles. The first-order chi connectivity index (χ1) is 13.4. The highest BCUT2D eigenvalue weighted by atomic mass is 32.2. The molecular weight excluding hydrogens is 378 g/mol. The van der Waals surface area contributed by atoms with Gasteiger partial charge >= 0.3 is 5.97 Å². The van der Waals surface area contributed by atoms with E-state index in [1.807, 2.05) is 30.3 Å². The largest absolute Gasteiger partial charge is 0.462 e. The molecule has 0 aliphatic carbocycles. The maximum atomic E-state index is 12.7. The fraction of sp³-hybridized carbons (Fsp3) is 0.238. The first-order valence-corrected chi connectivity index (χ1v) is 10.4. The first-order valence-electron chi connectivity index (χ1n) is 8.76. The lowest BCUT2D eigenvalue weighted by Gasteiger charge is -2.21. The molecule has 0 saturated carbocycles. The summed E-state index contributed by atoms with van der Waals surface area (Å²) < 4.78 is 29.9. The Morgan fingerprint density at radius 1 is 0.964 bits per heavy atom. The SMILES string of the molecule is CC(=O)OC/C=C/CN(Cc1ccccc1)C(=O)CS(=O)(=O)c1ccccc1. The average molecular weight is 401 g/mol. The Labute approximate surface area is 165 Å². The maximum Gasteiger partial charge on any atom is 0.302 e. The van der Waals surface area contributed by atoms with Crippen LogP contribution in [0, 0.1) is 0 Å². The molecule has 2 rings (SSSR count). The molecule has 0 N–H and O–H groups in total. The molecule has 0 bridgehead atoms. The third-order valence-corrected chi connectivity index (χ3v) is 5.48. The molecule has 0 unspecified atom stereocenters. The van der Waals surface area contributed by atoms with Gasteiger partial charge in [-0.15, -0.1) is 0 Å². The molecule has 0 spiro atoms. The quantitative estimate of drug-likeness (QED) is 0.477. The van der Waals surface area contributed by atoms with Crippen molar-refractivity contribution in [2.24, 2.45) is 0 Å². The van der Waals surface area contributed by atoms with Crippen molar-refractivity contribution in [3.8, 4) is 0 Å². The Morgan fingerprint density at radius 3 is 2.18 bits per heavy atom. The summed E-state index contributed by atoms with van der Waals surface area (Å²) in [5.74, 6) is -1.50. The van der Waals surface area contributed by atoms with Gasteiger partial charge in [0.2, 0.25) is 5.91 Å². The minimum atomic E-state index is -3.73. The number of carbonyl (C=O) groups excluding carboxylic acids is 2. The van der Waals surface area contributed by atoms with Crippen LogP contribution in [-0.2, 0) is 30.7 Å². The predicted molar refractivity (Wildman–Crippen MR) is 106 cm³/mol. The van der Waals surface area contributed by atoms with Crippen molar-refractivity contribution in [2.75, 3.05) is 18.9 Å². The first kappa shape index (κ1) is 21.4. The molecule has 7 heteroatoms. The number of hydrogen-bond donors (Lipinski definition) is 0. The molecule has 1 amide bonds. The van der Waals surface area contributed by atoms with Crippen LogP contribution < -0.4 is 0 Å². The molecular formula is C21H23NO5S. The summed E-state index contributed by atoms with van der Waals surface area (Å²) >= 11 is 0. The Morgan fingerprint density at radius 2 is 1.57 bits per heavy atom. The lowest BCUT2D eigenvalue weighted by atomic mass is 10.2. The Balaban J connectivity index is 2.10. The summed E-state index contributed by atoms with van der Waals surface area (Å²) in [4.78, 5) is 25.1. The van der Waals surface area contributed by atoms with E-state index in [0.29, 0.717) is 0 Å². The topological polar surface area (TPSA) is 80.8 Å². The zero-order valence-corrected chi connectivity index (χ0v) is 16.5. The predicted octanol–water partition coefficient (Wildman–Crippen LogP) is 2.61. The zero-order chi connectivity index (χ0) is 20.4. The van der Waals surface area contributed by atoms with Crippen LogP contribution in [0.5, 0.6) is 0 Å². The number of sulfone groups is 1. The van der Waals surface area contributed by atoms with E-state index >= 15 is 0 Å². The molecule has 0 aromatic heterocycles. The summed E-state index contributed by atoms with van der Waals surface area (Å²) in [5, 5.41) is 0. The van der Waals surface area contributed by atoms with Crippen LogP contribution in [0.15, 0.2) is 77.7 Å². The molecule has 0 fully saturated rings. The van der Waals surface area contributed by atoms with Crippen LogP contribution in [-0.4, -0.2) is 44.1 Å². The van der Waals surface area contributed by atoms with Crippen LogP contribution in [0.1, 0.15) is 12.5 Å². The minimum absolute atomic E-state index is 0.102. The van der Waals surface area contributed by atoms with Gasteiger partial charge in [0.05, 0.1) is 4.90 Å². The lowest BCUT2D eigenvalue weighted by molar-refractivity contribution is -0.139. The van der Waals surface area contributed by atoms with E-state index in [1.54, 1.807) is 30.4 Å². The summed E-state index contributed by atoms with van der Waals surface area (Å²) in [6.07, 6.45) is 3.30. The number of esters is 1. The lowest BCUT2D eigenvalue weighted by Crippen LogP contribution is -2.35. The van der Waals surface area contributed by atoms with Gasteiger partial charge in [-0.1, -0.05) is 54.6 Å². The van der Waals surface area contributed by atoms with Crippen LogP contribution in [0.2, 0.25) is 0 Å². The third-order valence-electron chi connectivity index (χ3n) is 3.86. The van der Waals surface area contributed by atoms with Gasteiger partial charge in [0, 0.05) is 20.0 Å². The molecule has 2 aromatic rings.